The smallest absolute Gasteiger partial charge is 0.135 e. The third-order valence-electron chi connectivity index (χ3n) is 12.8. The minimum Gasteiger partial charge on any atom is -0.456 e. The van der Waals surface area contributed by atoms with E-state index in [0.29, 0.717) is 0 Å². The first kappa shape index (κ1) is 30.9. The summed E-state index contributed by atoms with van der Waals surface area (Å²) in [6.07, 6.45) is 0. The molecule has 11 aromatic rings. The largest absolute Gasteiger partial charge is 0.456 e. The standard InChI is InChI=1S/C55H33NO/c1-3-15-34(16-4-1)42-33-48-53(41-22-9-13-25-47(41)55(48)45-23-11-7-19-38(45)39-20-8-12-24-46(39)55)54-52(42)44-32-35(27-29-49(44)56(54)37-17-5-2-6-18-37)36-28-30-51-43(31-36)40-21-10-14-26-50(40)57-51/h1-33H. The lowest BCUT2D eigenvalue weighted by molar-refractivity contribution is 0.669. The first-order valence-electron chi connectivity index (χ1n) is 19.8. The molecule has 0 radical (unpaired) electrons. The van der Waals surface area contributed by atoms with E-state index in [1.54, 1.807) is 0 Å². The normalized spacial score (nSPS) is 13.4. The van der Waals surface area contributed by atoms with Crippen molar-refractivity contribution in [2.45, 2.75) is 5.41 Å². The minimum absolute atomic E-state index is 0.469. The number of benzene rings is 9. The van der Waals surface area contributed by atoms with Gasteiger partial charge in [-0.3, -0.25) is 0 Å². The van der Waals surface area contributed by atoms with Crippen molar-refractivity contribution in [3.63, 3.8) is 0 Å². The van der Waals surface area contributed by atoms with Gasteiger partial charge in [-0.1, -0.05) is 152 Å². The van der Waals surface area contributed by atoms with E-state index in [1.165, 1.54) is 88.6 Å². The van der Waals surface area contributed by atoms with Crippen LogP contribution in [0.4, 0.5) is 0 Å². The molecule has 0 saturated heterocycles. The molecule has 1 spiro atoms. The number of nitrogens with zero attached hydrogens (tertiary/aromatic N) is 1. The van der Waals surface area contributed by atoms with E-state index in [-0.39, 0.29) is 0 Å². The van der Waals surface area contributed by atoms with Crippen molar-refractivity contribution in [2.75, 3.05) is 0 Å². The molecule has 0 aliphatic heterocycles. The third-order valence-corrected chi connectivity index (χ3v) is 12.8. The fourth-order valence-electron chi connectivity index (χ4n) is 10.5. The second-order valence-electron chi connectivity index (χ2n) is 15.5. The SMILES string of the molecule is c1ccc(-c2cc3c(c4c2c2cc(-c5ccc6oc7ccccc7c6c5)ccc2n4-c2ccccc2)-c2ccccc2C32c3ccccc3-c3ccccc32)cc1. The quantitative estimate of drug-likeness (QED) is 0.177. The fourth-order valence-corrected chi connectivity index (χ4v) is 10.5. The summed E-state index contributed by atoms with van der Waals surface area (Å²) in [5.74, 6) is 0. The zero-order valence-electron chi connectivity index (χ0n) is 30.9. The minimum atomic E-state index is -0.469. The maximum absolute atomic E-state index is 6.24. The Morgan fingerprint density at radius 3 is 1.67 bits per heavy atom. The highest BCUT2D eigenvalue weighted by Gasteiger charge is 2.52. The molecule has 0 bridgehead atoms. The molecule has 2 aliphatic carbocycles. The second-order valence-corrected chi connectivity index (χ2v) is 15.5. The van der Waals surface area contributed by atoms with Gasteiger partial charge in [0.2, 0.25) is 0 Å². The molecule has 264 valence electrons. The molecule has 57 heavy (non-hydrogen) atoms. The Labute approximate surface area is 329 Å². The third kappa shape index (κ3) is 3.99. The molecule has 13 rings (SSSR count). The van der Waals surface area contributed by atoms with Gasteiger partial charge >= 0.3 is 0 Å². The van der Waals surface area contributed by atoms with Crippen LogP contribution in [0.15, 0.2) is 205 Å². The molecule has 2 aliphatic rings. The number of hydrogen-bond donors (Lipinski definition) is 0. The van der Waals surface area contributed by atoms with E-state index in [1.807, 2.05) is 12.1 Å². The molecule has 0 unspecified atom stereocenters. The maximum Gasteiger partial charge on any atom is 0.135 e. The van der Waals surface area contributed by atoms with E-state index in [0.717, 1.165) is 27.6 Å². The van der Waals surface area contributed by atoms with Crippen LogP contribution in [0.1, 0.15) is 22.3 Å². The molecular weight excluding hydrogens is 691 g/mol. The summed E-state index contributed by atoms with van der Waals surface area (Å²) in [5, 5.41) is 4.77. The van der Waals surface area contributed by atoms with Gasteiger partial charge in [0.1, 0.15) is 11.2 Å². The summed E-state index contributed by atoms with van der Waals surface area (Å²) in [4.78, 5) is 0. The summed E-state index contributed by atoms with van der Waals surface area (Å²) in [5.41, 5.74) is 20.3. The highest BCUT2D eigenvalue weighted by Crippen LogP contribution is 2.65. The predicted molar refractivity (Wildman–Crippen MR) is 235 cm³/mol. The molecule has 0 N–H and O–H groups in total. The van der Waals surface area contributed by atoms with Crippen molar-refractivity contribution in [1.29, 1.82) is 0 Å². The second kappa shape index (κ2) is 11.3. The summed E-state index contributed by atoms with van der Waals surface area (Å²) in [6, 6.07) is 73.9. The van der Waals surface area contributed by atoms with Gasteiger partial charge in [0, 0.05) is 32.8 Å². The van der Waals surface area contributed by atoms with Crippen LogP contribution in [0.5, 0.6) is 0 Å². The summed E-state index contributed by atoms with van der Waals surface area (Å²) in [7, 11) is 0. The first-order valence-corrected chi connectivity index (χ1v) is 19.8. The van der Waals surface area contributed by atoms with Crippen LogP contribution in [0, 0.1) is 0 Å². The Hall–Kier alpha value is -7.42. The number of para-hydroxylation sites is 2. The lowest BCUT2D eigenvalue weighted by Crippen LogP contribution is -2.25. The van der Waals surface area contributed by atoms with Crippen LogP contribution in [0.2, 0.25) is 0 Å². The van der Waals surface area contributed by atoms with Gasteiger partial charge in [-0.05, 0) is 110 Å². The highest BCUT2D eigenvalue weighted by atomic mass is 16.3. The van der Waals surface area contributed by atoms with Crippen molar-refractivity contribution >= 4 is 43.7 Å². The van der Waals surface area contributed by atoms with E-state index < -0.39 is 5.41 Å². The molecule has 0 saturated carbocycles. The molecule has 2 nitrogen and oxygen atoms in total. The van der Waals surface area contributed by atoms with Crippen molar-refractivity contribution in [3.05, 3.63) is 222 Å². The van der Waals surface area contributed by atoms with Crippen LogP contribution < -0.4 is 0 Å². The van der Waals surface area contributed by atoms with Crippen molar-refractivity contribution in [3.8, 4) is 50.2 Å². The predicted octanol–water partition coefficient (Wildman–Crippen LogP) is 14.4. The molecule has 0 fully saturated rings. The molecule has 2 heteroatoms. The van der Waals surface area contributed by atoms with Crippen LogP contribution in [-0.4, -0.2) is 4.57 Å². The van der Waals surface area contributed by atoms with E-state index in [4.69, 9.17) is 4.42 Å². The van der Waals surface area contributed by atoms with E-state index in [9.17, 15) is 0 Å². The van der Waals surface area contributed by atoms with Crippen LogP contribution in [0.3, 0.4) is 0 Å². The summed E-state index contributed by atoms with van der Waals surface area (Å²) >= 11 is 0. The molecular formula is C55H33NO. The monoisotopic (exact) mass is 723 g/mol. The molecule has 2 aromatic heterocycles. The van der Waals surface area contributed by atoms with Gasteiger partial charge in [0.05, 0.1) is 16.4 Å². The van der Waals surface area contributed by atoms with Gasteiger partial charge in [0.15, 0.2) is 0 Å². The number of rotatable bonds is 3. The maximum atomic E-state index is 6.24. The number of furan rings is 1. The highest BCUT2D eigenvalue weighted by molar-refractivity contribution is 6.22. The van der Waals surface area contributed by atoms with Crippen LogP contribution >= 0.6 is 0 Å². The molecule has 0 atom stereocenters. The molecule has 0 amide bonds. The Balaban J connectivity index is 1.21. The van der Waals surface area contributed by atoms with Gasteiger partial charge < -0.3 is 8.98 Å². The van der Waals surface area contributed by atoms with Crippen LogP contribution in [0.25, 0.3) is 93.9 Å². The first-order chi connectivity index (χ1) is 28.3. The van der Waals surface area contributed by atoms with Gasteiger partial charge in [-0.25, -0.2) is 0 Å². The lowest BCUT2D eigenvalue weighted by atomic mass is 9.70. The fraction of sp³-hybridized carbons (Fsp3) is 0.0182. The zero-order valence-corrected chi connectivity index (χ0v) is 30.9. The van der Waals surface area contributed by atoms with Crippen molar-refractivity contribution < 1.29 is 4.42 Å². The average molecular weight is 724 g/mol. The Bertz CT molecular complexity index is 3410. The Morgan fingerprint density at radius 2 is 0.930 bits per heavy atom. The Kier molecular flexibility index (Phi) is 6.13. The van der Waals surface area contributed by atoms with Crippen LogP contribution in [-0.2, 0) is 5.41 Å². The molecule has 2 heterocycles. The summed E-state index contributed by atoms with van der Waals surface area (Å²) < 4.78 is 8.78. The lowest BCUT2D eigenvalue weighted by Gasteiger charge is -2.31. The summed E-state index contributed by atoms with van der Waals surface area (Å²) in [6.45, 7) is 0. The number of aromatic nitrogens is 1. The van der Waals surface area contributed by atoms with Crippen molar-refractivity contribution in [2.24, 2.45) is 0 Å². The Morgan fingerprint density at radius 1 is 0.368 bits per heavy atom. The molecule has 9 aromatic carbocycles. The average Bonchev–Trinajstić information content (AvgIpc) is 4.00. The van der Waals surface area contributed by atoms with E-state index in [2.05, 4.69) is 193 Å². The van der Waals surface area contributed by atoms with Gasteiger partial charge in [-0.15, -0.1) is 0 Å². The number of fused-ring (bicyclic) bond motifs is 17. The number of hydrogen-bond acceptors (Lipinski definition) is 1. The topological polar surface area (TPSA) is 18.1 Å². The zero-order chi connectivity index (χ0) is 37.2. The van der Waals surface area contributed by atoms with Gasteiger partial charge in [-0.2, -0.15) is 0 Å². The van der Waals surface area contributed by atoms with E-state index >= 15 is 0 Å². The van der Waals surface area contributed by atoms with Crippen molar-refractivity contribution in [1.82, 2.24) is 4.57 Å². The van der Waals surface area contributed by atoms with Gasteiger partial charge in [0.25, 0.3) is 0 Å².